The van der Waals surface area contributed by atoms with Gasteiger partial charge in [0.05, 0.1) is 12.7 Å². The molecule has 0 aromatic rings. The predicted molar refractivity (Wildman–Crippen MR) is 75.3 cm³/mol. The lowest BCUT2D eigenvalue weighted by Crippen LogP contribution is -2.54. The van der Waals surface area contributed by atoms with Gasteiger partial charge < -0.3 is 14.7 Å². The van der Waals surface area contributed by atoms with Gasteiger partial charge in [-0.3, -0.25) is 5.84 Å². The summed E-state index contributed by atoms with van der Waals surface area (Å²) in [6, 6.07) is 0. The lowest BCUT2D eigenvalue weighted by Gasteiger charge is -2.40. The smallest absolute Gasteiger partial charge is 0.160 e. The molecule has 0 radical (unpaired) electrons. The van der Waals surface area contributed by atoms with Crippen LogP contribution in [0.5, 0.6) is 0 Å². The Bertz CT molecular complexity index is 292. The van der Waals surface area contributed by atoms with Gasteiger partial charge >= 0.3 is 0 Å². The summed E-state index contributed by atoms with van der Waals surface area (Å²) in [6.45, 7) is 4.34. The summed E-state index contributed by atoms with van der Waals surface area (Å²) in [5.74, 6) is 6.95. The highest BCUT2D eigenvalue weighted by molar-refractivity contribution is 5.01. The van der Waals surface area contributed by atoms with E-state index in [9.17, 15) is 5.11 Å². The van der Waals surface area contributed by atoms with Crippen LogP contribution in [0, 0.1) is 11.8 Å². The maximum absolute atomic E-state index is 10.0. The quantitative estimate of drug-likeness (QED) is 0.421. The zero-order valence-electron chi connectivity index (χ0n) is 12.5. The molecule has 2 fully saturated rings. The fourth-order valence-corrected chi connectivity index (χ4v) is 3.46. The Morgan fingerprint density at radius 2 is 1.95 bits per heavy atom. The van der Waals surface area contributed by atoms with Crippen molar-refractivity contribution in [3.8, 4) is 0 Å². The normalized spacial score (nSPS) is 36.8. The zero-order chi connectivity index (χ0) is 14.0. The van der Waals surface area contributed by atoms with Gasteiger partial charge in [0.2, 0.25) is 0 Å². The second-order valence-electron chi connectivity index (χ2n) is 6.43. The molecule has 19 heavy (non-hydrogen) atoms. The minimum Gasteiger partial charge on any atom is -0.393 e. The van der Waals surface area contributed by atoms with E-state index in [0.717, 1.165) is 25.9 Å². The number of ether oxygens (including phenoxy) is 1. The van der Waals surface area contributed by atoms with Crippen LogP contribution in [0.25, 0.3) is 0 Å². The molecule has 2 rings (SSSR count). The molecule has 0 aromatic heterocycles. The van der Waals surface area contributed by atoms with E-state index in [2.05, 4.69) is 4.90 Å². The summed E-state index contributed by atoms with van der Waals surface area (Å²) < 4.78 is 5.78. The number of epoxide rings is 1. The van der Waals surface area contributed by atoms with Crippen LogP contribution in [0.2, 0.25) is 0 Å². The molecule has 1 aliphatic carbocycles. The maximum Gasteiger partial charge on any atom is 0.160 e. The summed E-state index contributed by atoms with van der Waals surface area (Å²) in [5.41, 5.74) is -0.307. The first-order valence-corrected chi connectivity index (χ1v) is 7.46. The molecule has 0 bridgehead atoms. The van der Waals surface area contributed by atoms with E-state index in [1.54, 1.807) is 0 Å². The molecule has 0 amide bonds. The number of nitrogens with zero attached hydrogens (tertiary/aromatic N) is 2. The third-order valence-corrected chi connectivity index (χ3v) is 4.73. The molecule has 1 heterocycles. The van der Waals surface area contributed by atoms with Crippen LogP contribution in [0.15, 0.2) is 0 Å². The Balaban J connectivity index is 2.01. The number of hydrogen-bond acceptors (Lipinski definition) is 5. The Kier molecular flexibility index (Phi) is 4.84. The van der Waals surface area contributed by atoms with Crippen molar-refractivity contribution in [3.63, 3.8) is 0 Å². The van der Waals surface area contributed by atoms with E-state index in [-0.39, 0.29) is 11.8 Å². The summed E-state index contributed by atoms with van der Waals surface area (Å²) in [5, 5.41) is 11.9. The van der Waals surface area contributed by atoms with Gasteiger partial charge in [-0.2, -0.15) is 0 Å². The Hall–Kier alpha value is -0.200. The molecular weight excluding hydrogens is 242 g/mol. The third-order valence-electron chi connectivity index (χ3n) is 4.73. The minimum absolute atomic E-state index is 0.270. The van der Waals surface area contributed by atoms with Crippen LogP contribution in [-0.4, -0.2) is 60.6 Å². The summed E-state index contributed by atoms with van der Waals surface area (Å²) >= 11 is 0. The van der Waals surface area contributed by atoms with Gasteiger partial charge in [0, 0.05) is 19.0 Å². The number of hydrazine groups is 1. The fourth-order valence-electron chi connectivity index (χ4n) is 3.46. The van der Waals surface area contributed by atoms with Crippen LogP contribution in [0.1, 0.15) is 32.6 Å². The fraction of sp³-hybridized carbons (Fsp3) is 1.00. The number of likely N-dealkylation sites (N-methyl/N-ethyl adjacent to an activating group) is 1. The third kappa shape index (κ3) is 3.28. The molecule has 112 valence electrons. The van der Waals surface area contributed by atoms with Crippen LogP contribution >= 0.6 is 0 Å². The maximum atomic E-state index is 10.0. The van der Waals surface area contributed by atoms with Gasteiger partial charge in [-0.25, -0.2) is 5.01 Å². The molecule has 1 saturated heterocycles. The van der Waals surface area contributed by atoms with E-state index in [0.29, 0.717) is 18.4 Å². The van der Waals surface area contributed by atoms with E-state index in [1.807, 2.05) is 26.0 Å². The summed E-state index contributed by atoms with van der Waals surface area (Å²) in [6.07, 6.45) is 4.37. The van der Waals surface area contributed by atoms with Crippen molar-refractivity contribution in [2.45, 2.75) is 44.4 Å². The van der Waals surface area contributed by atoms with Crippen LogP contribution in [-0.2, 0) is 4.74 Å². The SMILES string of the molecule is CC(O)[C@H]1CCCC[C@H]1[C@@]1(N(N)CCN(C)C)CO1. The lowest BCUT2D eigenvalue weighted by atomic mass is 9.72. The molecule has 4 atom stereocenters. The predicted octanol–water partition coefficient (Wildman–Crippen LogP) is 0.637. The highest BCUT2D eigenvalue weighted by Gasteiger charge is 2.58. The molecule has 3 N–H and O–H groups in total. The van der Waals surface area contributed by atoms with Crippen molar-refractivity contribution in [2.24, 2.45) is 17.7 Å². The Morgan fingerprint density at radius 3 is 2.47 bits per heavy atom. The molecule has 0 spiro atoms. The number of nitrogens with two attached hydrogens (primary N) is 1. The molecule has 1 saturated carbocycles. The first-order valence-electron chi connectivity index (χ1n) is 7.46. The van der Waals surface area contributed by atoms with Crippen molar-refractivity contribution >= 4 is 0 Å². The minimum atomic E-state index is -0.307. The topological polar surface area (TPSA) is 65.3 Å². The largest absolute Gasteiger partial charge is 0.393 e. The van der Waals surface area contributed by atoms with Gasteiger partial charge in [-0.1, -0.05) is 12.8 Å². The van der Waals surface area contributed by atoms with E-state index in [1.165, 1.54) is 12.8 Å². The standard InChI is InChI=1S/C14H29N3O2/c1-11(18)12-6-4-5-7-13(12)14(10-19-14)17(15)9-8-16(2)3/h11-13,18H,4-10,15H2,1-3H3/t11?,12-,13-,14-/m1/s1. The van der Waals surface area contributed by atoms with E-state index < -0.39 is 0 Å². The summed E-state index contributed by atoms with van der Waals surface area (Å²) in [7, 11) is 4.10. The first-order chi connectivity index (χ1) is 8.97. The average Bonchev–Trinajstić information content (AvgIpc) is 3.17. The van der Waals surface area contributed by atoms with E-state index in [4.69, 9.17) is 10.6 Å². The van der Waals surface area contributed by atoms with Crippen LogP contribution in [0.3, 0.4) is 0 Å². The second-order valence-corrected chi connectivity index (χ2v) is 6.43. The first kappa shape index (κ1) is 15.2. The zero-order valence-corrected chi connectivity index (χ0v) is 12.5. The van der Waals surface area contributed by atoms with Crippen molar-refractivity contribution in [2.75, 3.05) is 33.8 Å². The molecular formula is C14H29N3O2. The monoisotopic (exact) mass is 271 g/mol. The number of rotatable bonds is 6. The molecule has 5 heteroatoms. The lowest BCUT2D eigenvalue weighted by molar-refractivity contribution is -0.0490. The van der Waals surface area contributed by atoms with Crippen molar-refractivity contribution < 1.29 is 9.84 Å². The summed E-state index contributed by atoms with van der Waals surface area (Å²) in [4.78, 5) is 2.13. The van der Waals surface area contributed by atoms with Gasteiger partial charge in [0.15, 0.2) is 5.72 Å². The Morgan fingerprint density at radius 1 is 1.32 bits per heavy atom. The van der Waals surface area contributed by atoms with Crippen molar-refractivity contribution in [3.05, 3.63) is 0 Å². The molecule has 1 aliphatic heterocycles. The van der Waals surface area contributed by atoms with Gasteiger partial charge in [0.25, 0.3) is 0 Å². The van der Waals surface area contributed by atoms with E-state index >= 15 is 0 Å². The van der Waals surface area contributed by atoms with Crippen molar-refractivity contribution in [1.29, 1.82) is 0 Å². The highest BCUT2D eigenvalue weighted by Crippen LogP contribution is 2.48. The van der Waals surface area contributed by atoms with Gasteiger partial charge in [-0.05, 0) is 39.8 Å². The molecule has 1 unspecified atom stereocenters. The van der Waals surface area contributed by atoms with Gasteiger partial charge in [-0.15, -0.1) is 0 Å². The number of hydrogen-bond donors (Lipinski definition) is 2. The highest BCUT2D eigenvalue weighted by atomic mass is 16.6. The number of aliphatic hydroxyl groups is 1. The Labute approximate surface area is 116 Å². The molecule has 5 nitrogen and oxygen atoms in total. The second kappa shape index (κ2) is 6.06. The van der Waals surface area contributed by atoms with Crippen molar-refractivity contribution in [1.82, 2.24) is 9.91 Å². The molecule has 0 aromatic carbocycles. The van der Waals surface area contributed by atoms with Crippen LogP contribution in [0.4, 0.5) is 0 Å². The average molecular weight is 271 g/mol. The number of aliphatic hydroxyl groups excluding tert-OH is 1. The van der Waals surface area contributed by atoms with Crippen LogP contribution < -0.4 is 5.84 Å². The molecule has 2 aliphatic rings. The van der Waals surface area contributed by atoms with Gasteiger partial charge in [0.1, 0.15) is 0 Å².